The molecule has 1 aromatic carbocycles. The van der Waals surface area contributed by atoms with Crippen molar-refractivity contribution in [3.63, 3.8) is 0 Å². The topological polar surface area (TPSA) is 74.6 Å². The molecule has 7 heteroatoms. The third-order valence-corrected chi connectivity index (χ3v) is 5.78. The van der Waals surface area contributed by atoms with E-state index in [4.69, 9.17) is 4.42 Å². The van der Waals surface area contributed by atoms with Crippen molar-refractivity contribution < 1.29 is 14.0 Å². The van der Waals surface area contributed by atoms with E-state index in [0.29, 0.717) is 5.76 Å². The number of thiophene rings is 1. The Hall–Kier alpha value is -2.90. The summed E-state index contributed by atoms with van der Waals surface area (Å²) in [6, 6.07) is 15.3. The fourth-order valence-corrected chi connectivity index (χ4v) is 4.44. The van der Waals surface area contributed by atoms with Gasteiger partial charge in [0.1, 0.15) is 5.76 Å². The summed E-state index contributed by atoms with van der Waals surface area (Å²) in [5.74, 6) is 0.310. The summed E-state index contributed by atoms with van der Waals surface area (Å²) in [5.41, 5.74) is 2.40. The van der Waals surface area contributed by atoms with Crippen molar-refractivity contribution in [1.82, 2.24) is 15.5 Å². The Bertz CT molecular complexity index is 937. The average molecular weight is 395 g/mol. The van der Waals surface area contributed by atoms with E-state index in [1.807, 2.05) is 18.2 Å². The monoisotopic (exact) mass is 395 g/mol. The second kappa shape index (κ2) is 8.41. The van der Waals surface area contributed by atoms with Crippen LogP contribution in [0.3, 0.4) is 0 Å². The van der Waals surface area contributed by atoms with Crippen LogP contribution in [-0.4, -0.2) is 29.9 Å². The zero-order valence-corrected chi connectivity index (χ0v) is 16.1. The highest BCUT2D eigenvalue weighted by atomic mass is 32.1. The van der Waals surface area contributed by atoms with E-state index in [9.17, 15) is 9.59 Å². The van der Waals surface area contributed by atoms with Gasteiger partial charge in [-0.05, 0) is 41.1 Å². The molecule has 1 atom stereocenters. The van der Waals surface area contributed by atoms with Gasteiger partial charge in [0.25, 0.3) is 0 Å². The minimum Gasteiger partial charge on any atom is -0.467 e. The van der Waals surface area contributed by atoms with Crippen molar-refractivity contribution in [2.45, 2.75) is 19.0 Å². The van der Waals surface area contributed by atoms with Gasteiger partial charge in [0, 0.05) is 11.4 Å². The molecule has 3 heterocycles. The van der Waals surface area contributed by atoms with E-state index in [2.05, 4.69) is 39.1 Å². The zero-order valence-electron chi connectivity index (χ0n) is 15.3. The van der Waals surface area contributed by atoms with Crippen LogP contribution in [0.1, 0.15) is 27.8 Å². The largest absolute Gasteiger partial charge is 0.467 e. The molecule has 28 heavy (non-hydrogen) atoms. The highest BCUT2D eigenvalue weighted by Gasteiger charge is 2.30. The summed E-state index contributed by atoms with van der Waals surface area (Å²) in [6.07, 6.45) is 2.45. The van der Waals surface area contributed by atoms with Gasteiger partial charge in [0.2, 0.25) is 5.91 Å². The molecule has 0 saturated carbocycles. The van der Waals surface area contributed by atoms with Gasteiger partial charge in [-0.3, -0.25) is 15.0 Å². The molecular weight excluding hydrogens is 374 g/mol. The van der Waals surface area contributed by atoms with Gasteiger partial charge in [-0.15, -0.1) is 11.3 Å². The predicted molar refractivity (Wildman–Crippen MR) is 107 cm³/mol. The number of carbonyl (C=O) groups is 2. The van der Waals surface area contributed by atoms with Gasteiger partial charge in [0.15, 0.2) is 0 Å². The molecule has 1 aliphatic heterocycles. The maximum Gasteiger partial charge on any atom is 0.321 e. The number of carbonyl (C=O) groups excluding carboxylic acids is 2. The Morgan fingerprint density at radius 3 is 2.79 bits per heavy atom. The maximum absolute atomic E-state index is 12.5. The Morgan fingerprint density at radius 2 is 2.00 bits per heavy atom. The number of rotatable bonds is 5. The van der Waals surface area contributed by atoms with E-state index in [0.717, 1.165) is 18.5 Å². The highest BCUT2D eigenvalue weighted by Crippen LogP contribution is 2.37. The number of hydrogen-bond acceptors (Lipinski definition) is 5. The number of imide groups is 1. The van der Waals surface area contributed by atoms with Gasteiger partial charge in [0.05, 0.1) is 25.4 Å². The number of hydrogen-bond donors (Lipinski definition) is 2. The molecule has 0 fully saturated rings. The van der Waals surface area contributed by atoms with Crippen LogP contribution in [0, 0.1) is 0 Å². The number of amides is 3. The first-order valence-corrected chi connectivity index (χ1v) is 10.0. The van der Waals surface area contributed by atoms with Crippen LogP contribution in [0.4, 0.5) is 4.79 Å². The van der Waals surface area contributed by atoms with Crippen molar-refractivity contribution in [1.29, 1.82) is 0 Å². The third kappa shape index (κ3) is 4.16. The summed E-state index contributed by atoms with van der Waals surface area (Å²) >= 11 is 1.76. The van der Waals surface area contributed by atoms with Crippen LogP contribution in [-0.2, 0) is 17.8 Å². The van der Waals surface area contributed by atoms with Crippen LogP contribution in [0.25, 0.3) is 0 Å². The summed E-state index contributed by atoms with van der Waals surface area (Å²) in [5, 5.41) is 7.14. The number of benzene rings is 1. The number of urea groups is 1. The molecule has 0 spiro atoms. The lowest BCUT2D eigenvalue weighted by Gasteiger charge is -2.35. The molecule has 2 aromatic heterocycles. The van der Waals surface area contributed by atoms with Crippen molar-refractivity contribution in [3.05, 3.63) is 81.9 Å². The molecular formula is C21H21N3O3S. The normalized spacial score (nSPS) is 16.4. The predicted octanol–water partition coefficient (Wildman–Crippen LogP) is 3.31. The number of nitrogens with one attached hydrogen (secondary N) is 2. The molecule has 0 radical (unpaired) electrons. The van der Waals surface area contributed by atoms with Crippen molar-refractivity contribution in [2.75, 3.05) is 13.1 Å². The number of furan rings is 1. The quantitative estimate of drug-likeness (QED) is 0.695. The number of nitrogens with zero attached hydrogens (tertiary/aromatic N) is 1. The third-order valence-electron chi connectivity index (χ3n) is 4.78. The Balaban J connectivity index is 1.41. The first-order chi connectivity index (χ1) is 13.7. The molecule has 0 saturated heterocycles. The maximum atomic E-state index is 12.5. The van der Waals surface area contributed by atoms with E-state index < -0.39 is 6.03 Å². The smallest absolute Gasteiger partial charge is 0.321 e. The van der Waals surface area contributed by atoms with Crippen LogP contribution < -0.4 is 10.6 Å². The van der Waals surface area contributed by atoms with Crippen molar-refractivity contribution in [3.8, 4) is 0 Å². The van der Waals surface area contributed by atoms with E-state index in [-0.39, 0.29) is 25.0 Å². The van der Waals surface area contributed by atoms with E-state index >= 15 is 0 Å². The molecule has 1 aliphatic rings. The first kappa shape index (κ1) is 18.5. The lowest BCUT2D eigenvalue weighted by molar-refractivity contribution is -0.121. The van der Waals surface area contributed by atoms with Crippen LogP contribution in [0.15, 0.2) is 64.6 Å². The van der Waals surface area contributed by atoms with Gasteiger partial charge in [-0.2, -0.15) is 0 Å². The first-order valence-electron chi connectivity index (χ1n) is 9.16. The summed E-state index contributed by atoms with van der Waals surface area (Å²) in [7, 11) is 0. The lowest BCUT2D eigenvalue weighted by Crippen LogP contribution is -2.46. The Morgan fingerprint density at radius 1 is 1.14 bits per heavy atom. The van der Waals surface area contributed by atoms with Crippen LogP contribution >= 0.6 is 11.3 Å². The van der Waals surface area contributed by atoms with E-state index in [1.54, 1.807) is 29.7 Å². The Labute approximate surface area is 167 Å². The van der Waals surface area contributed by atoms with Crippen LogP contribution in [0.5, 0.6) is 0 Å². The summed E-state index contributed by atoms with van der Waals surface area (Å²) in [6.45, 7) is 1.16. The zero-order chi connectivity index (χ0) is 19.3. The molecule has 3 amide bonds. The van der Waals surface area contributed by atoms with Gasteiger partial charge >= 0.3 is 6.03 Å². The van der Waals surface area contributed by atoms with Crippen molar-refractivity contribution in [2.24, 2.45) is 0 Å². The van der Waals surface area contributed by atoms with Gasteiger partial charge in [-0.1, -0.05) is 30.3 Å². The lowest BCUT2D eigenvalue weighted by atomic mass is 9.93. The van der Waals surface area contributed by atoms with E-state index in [1.165, 1.54) is 10.4 Å². The Kier molecular flexibility index (Phi) is 5.55. The highest BCUT2D eigenvalue weighted by molar-refractivity contribution is 7.10. The number of fused-ring (bicyclic) bond motifs is 1. The van der Waals surface area contributed by atoms with Gasteiger partial charge < -0.3 is 9.73 Å². The minimum absolute atomic E-state index is 0.0214. The minimum atomic E-state index is -0.522. The van der Waals surface area contributed by atoms with Crippen molar-refractivity contribution >= 4 is 23.3 Å². The second-order valence-electron chi connectivity index (χ2n) is 6.64. The molecule has 0 unspecified atom stereocenters. The summed E-state index contributed by atoms with van der Waals surface area (Å²) in [4.78, 5) is 28.0. The molecule has 2 N–H and O–H groups in total. The molecule has 6 nitrogen and oxygen atoms in total. The fraction of sp³-hybridized carbons (Fsp3) is 0.238. The fourth-order valence-electron chi connectivity index (χ4n) is 3.54. The standard InChI is InChI=1S/C21H21N3O3S/c25-19(23-21(26)22-13-16-7-4-11-27-16)14-24-10-8-18-17(9-12-28-18)20(24)15-5-2-1-3-6-15/h1-7,9,11-12,20H,8,10,13-14H2,(H2,22,23,25,26)/t20-/m1/s1. The summed E-state index contributed by atoms with van der Waals surface area (Å²) < 4.78 is 5.16. The molecule has 0 bridgehead atoms. The average Bonchev–Trinajstić information content (AvgIpc) is 3.38. The molecule has 0 aliphatic carbocycles. The molecule has 4 rings (SSSR count). The molecule has 3 aromatic rings. The molecule has 144 valence electrons. The van der Waals surface area contributed by atoms with Crippen LogP contribution in [0.2, 0.25) is 0 Å². The van der Waals surface area contributed by atoms with Gasteiger partial charge in [-0.25, -0.2) is 4.79 Å². The SMILES string of the molecule is O=C(CN1CCc2sccc2[C@H]1c1ccccc1)NC(=O)NCc1ccco1. The second-order valence-corrected chi connectivity index (χ2v) is 7.64.